The Kier molecular flexibility index (Phi) is 6.81. The third-order valence-electron chi connectivity index (χ3n) is 4.53. The summed E-state index contributed by atoms with van der Waals surface area (Å²) in [5, 5.41) is 9.47. The van der Waals surface area contributed by atoms with Crippen LogP contribution in [0, 0.1) is 17.1 Å². The standard InChI is InChI=1S/C19H29FN2O2S2/c1-17(2,3)25(23)13-19(6,15-10-8-9-11-16(15)20)14-26(24,22-7)18(4,5)12-21/h8-11H,13-14H2,1-7H3/t19-,25-,26+/m0/s1. The fourth-order valence-electron chi connectivity index (χ4n) is 2.63. The molecule has 0 bridgehead atoms. The average Bonchev–Trinajstić information content (AvgIpc) is 2.53. The minimum Gasteiger partial charge on any atom is -0.259 e. The second-order valence-corrected chi connectivity index (χ2v) is 13.4. The van der Waals surface area contributed by atoms with Gasteiger partial charge in [-0.2, -0.15) is 5.26 Å². The number of hydrogen-bond acceptors (Lipinski definition) is 4. The molecule has 0 aliphatic heterocycles. The predicted molar refractivity (Wildman–Crippen MR) is 108 cm³/mol. The van der Waals surface area contributed by atoms with E-state index in [-0.39, 0.29) is 11.5 Å². The van der Waals surface area contributed by atoms with Crippen LogP contribution in [0.1, 0.15) is 47.1 Å². The summed E-state index contributed by atoms with van der Waals surface area (Å²) in [5.41, 5.74) is -0.642. The van der Waals surface area contributed by atoms with Gasteiger partial charge < -0.3 is 0 Å². The molecule has 0 fully saturated rings. The lowest BCUT2D eigenvalue weighted by molar-refractivity contribution is 0.517. The molecule has 146 valence electrons. The Hall–Kier alpha value is -1.26. The number of halogens is 1. The van der Waals surface area contributed by atoms with E-state index in [2.05, 4.69) is 10.4 Å². The Balaban J connectivity index is 3.58. The maximum absolute atomic E-state index is 14.6. The zero-order valence-electron chi connectivity index (χ0n) is 16.6. The molecule has 0 unspecified atom stereocenters. The third kappa shape index (κ3) is 4.72. The van der Waals surface area contributed by atoms with Crippen molar-refractivity contribution in [3.05, 3.63) is 35.6 Å². The van der Waals surface area contributed by atoms with Gasteiger partial charge in [-0.15, -0.1) is 0 Å². The van der Waals surface area contributed by atoms with Crippen LogP contribution in [0.4, 0.5) is 4.39 Å². The first kappa shape index (κ1) is 22.8. The van der Waals surface area contributed by atoms with E-state index in [1.54, 1.807) is 39.0 Å². The van der Waals surface area contributed by atoms with Gasteiger partial charge in [0.15, 0.2) is 0 Å². The molecule has 0 aliphatic carbocycles. The molecule has 0 saturated heterocycles. The topological polar surface area (TPSA) is 70.3 Å². The zero-order chi connectivity index (χ0) is 20.4. The number of rotatable bonds is 6. The van der Waals surface area contributed by atoms with Gasteiger partial charge in [0.25, 0.3) is 0 Å². The van der Waals surface area contributed by atoms with Gasteiger partial charge in [0.05, 0.1) is 15.8 Å². The van der Waals surface area contributed by atoms with Crippen molar-refractivity contribution in [1.82, 2.24) is 0 Å². The van der Waals surface area contributed by atoms with Gasteiger partial charge in [-0.1, -0.05) is 25.1 Å². The minimum atomic E-state index is -3.01. The van der Waals surface area contributed by atoms with Gasteiger partial charge in [-0.05, 0) is 46.2 Å². The maximum Gasteiger partial charge on any atom is 0.134 e. The molecular weight excluding hydrogens is 371 g/mol. The number of nitriles is 1. The highest BCUT2D eigenvalue weighted by Gasteiger charge is 2.42. The van der Waals surface area contributed by atoms with E-state index in [1.165, 1.54) is 13.1 Å². The first-order chi connectivity index (χ1) is 11.7. The second-order valence-electron chi connectivity index (χ2n) is 8.23. The van der Waals surface area contributed by atoms with Crippen molar-refractivity contribution < 1.29 is 12.8 Å². The van der Waals surface area contributed by atoms with Crippen LogP contribution in [0.15, 0.2) is 28.6 Å². The van der Waals surface area contributed by atoms with E-state index in [4.69, 9.17) is 0 Å². The summed E-state index contributed by atoms with van der Waals surface area (Å²) >= 11 is 0. The van der Waals surface area contributed by atoms with Crippen LogP contribution >= 0.6 is 0 Å². The summed E-state index contributed by atoms with van der Waals surface area (Å²) in [5.74, 6) is -0.348. The first-order valence-electron chi connectivity index (χ1n) is 8.40. The van der Waals surface area contributed by atoms with Gasteiger partial charge >= 0.3 is 0 Å². The van der Waals surface area contributed by atoms with Gasteiger partial charge in [-0.25, -0.2) is 13.0 Å². The molecular formula is C19H29FN2O2S2. The molecule has 1 aromatic rings. The molecule has 26 heavy (non-hydrogen) atoms. The Morgan fingerprint density at radius 1 is 1.19 bits per heavy atom. The van der Waals surface area contributed by atoms with Crippen LogP contribution in [0.2, 0.25) is 0 Å². The molecule has 4 nitrogen and oxygen atoms in total. The molecule has 0 aliphatic rings. The molecule has 0 saturated carbocycles. The molecule has 0 heterocycles. The average molecular weight is 401 g/mol. The lowest BCUT2D eigenvalue weighted by Crippen LogP contribution is -2.45. The quantitative estimate of drug-likeness (QED) is 0.724. The third-order valence-corrected chi connectivity index (χ3v) is 10.1. The van der Waals surface area contributed by atoms with Crippen molar-refractivity contribution in [3.63, 3.8) is 0 Å². The van der Waals surface area contributed by atoms with Crippen molar-refractivity contribution in [1.29, 1.82) is 5.26 Å². The summed E-state index contributed by atoms with van der Waals surface area (Å²) in [4.78, 5) is 0. The van der Waals surface area contributed by atoms with Crippen molar-refractivity contribution in [2.75, 3.05) is 18.6 Å². The first-order valence-corrected chi connectivity index (χ1v) is 11.4. The van der Waals surface area contributed by atoms with Crippen LogP contribution in [-0.2, 0) is 25.9 Å². The highest BCUT2D eigenvalue weighted by molar-refractivity contribution is 7.95. The van der Waals surface area contributed by atoms with E-state index in [0.29, 0.717) is 5.56 Å². The Morgan fingerprint density at radius 3 is 2.15 bits per heavy atom. The molecule has 0 aromatic heterocycles. The largest absolute Gasteiger partial charge is 0.259 e. The number of hydrogen-bond donors (Lipinski definition) is 0. The van der Waals surface area contributed by atoms with Crippen molar-refractivity contribution in [2.24, 2.45) is 4.36 Å². The lowest BCUT2D eigenvalue weighted by atomic mass is 9.86. The van der Waals surface area contributed by atoms with Gasteiger partial charge in [-0.3, -0.25) is 4.21 Å². The van der Waals surface area contributed by atoms with Crippen LogP contribution < -0.4 is 0 Å². The second kappa shape index (κ2) is 7.77. The predicted octanol–water partition coefficient (Wildman–Crippen LogP) is 4.03. The van der Waals surface area contributed by atoms with Gasteiger partial charge in [0.1, 0.15) is 10.6 Å². The van der Waals surface area contributed by atoms with Crippen LogP contribution in [0.25, 0.3) is 0 Å². The highest BCUT2D eigenvalue weighted by Crippen LogP contribution is 2.35. The molecule has 0 spiro atoms. The SMILES string of the molecule is CN=[S@@](=O)(C[C@](C)(C[S@](=O)C(C)(C)C)c1ccccc1F)C(C)(C)C#N. The zero-order valence-corrected chi connectivity index (χ0v) is 18.3. The van der Waals surface area contributed by atoms with E-state index >= 15 is 0 Å². The smallest absolute Gasteiger partial charge is 0.134 e. The van der Waals surface area contributed by atoms with E-state index in [0.717, 1.165) is 0 Å². The summed E-state index contributed by atoms with van der Waals surface area (Å²) in [6.45, 7) is 10.5. The van der Waals surface area contributed by atoms with Crippen LogP contribution in [-0.4, -0.2) is 36.5 Å². The van der Waals surface area contributed by atoms with Crippen LogP contribution in [0.5, 0.6) is 0 Å². The van der Waals surface area contributed by atoms with Crippen molar-refractivity contribution >= 4 is 20.5 Å². The highest BCUT2D eigenvalue weighted by atomic mass is 32.2. The number of benzene rings is 1. The van der Waals surface area contributed by atoms with Crippen LogP contribution in [0.3, 0.4) is 0 Å². The molecule has 1 aromatic carbocycles. The van der Waals surface area contributed by atoms with Gasteiger partial charge in [0.2, 0.25) is 0 Å². The van der Waals surface area contributed by atoms with Crippen molar-refractivity contribution in [2.45, 2.75) is 56.5 Å². The summed E-state index contributed by atoms with van der Waals surface area (Å²) < 4.78 is 43.3. The Bertz CT molecular complexity index is 844. The number of nitrogens with zero attached hydrogens (tertiary/aromatic N) is 2. The fraction of sp³-hybridized carbons (Fsp3) is 0.632. The molecule has 3 atom stereocenters. The Morgan fingerprint density at radius 2 is 1.73 bits per heavy atom. The normalized spacial score (nSPS) is 18.3. The lowest BCUT2D eigenvalue weighted by Gasteiger charge is -2.36. The molecule has 0 radical (unpaired) electrons. The molecule has 1 rings (SSSR count). The van der Waals surface area contributed by atoms with Gasteiger partial charge in [0, 0.05) is 39.5 Å². The Labute approximate surface area is 159 Å². The van der Waals surface area contributed by atoms with E-state index < -0.39 is 41.3 Å². The molecule has 0 N–H and O–H groups in total. The fourth-order valence-corrected chi connectivity index (χ4v) is 6.24. The maximum atomic E-state index is 14.6. The molecule has 7 heteroatoms. The van der Waals surface area contributed by atoms with E-state index in [9.17, 15) is 18.1 Å². The minimum absolute atomic E-state index is 0.0419. The summed E-state index contributed by atoms with van der Waals surface area (Å²) in [6, 6.07) is 8.33. The van der Waals surface area contributed by atoms with Crippen molar-refractivity contribution in [3.8, 4) is 6.07 Å². The monoisotopic (exact) mass is 400 g/mol. The van der Waals surface area contributed by atoms with E-state index in [1.807, 2.05) is 20.8 Å². The summed E-state index contributed by atoms with van der Waals surface area (Å²) in [7, 11) is -2.88. The summed E-state index contributed by atoms with van der Waals surface area (Å²) in [6.07, 6.45) is 0. The molecule has 0 amide bonds.